The maximum Gasteiger partial charge on any atom is 0.289 e. The Morgan fingerprint density at radius 1 is 1.56 bits per heavy atom. The summed E-state index contributed by atoms with van der Waals surface area (Å²) in [7, 11) is 0. The van der Waals surface area contributed by atoms with Crippen molar-refractivity contribution >= 4 is 33.2 Å². The second-order valence-electron chi connectivity index (χ2n) is 3.51. The number of rotatable bonds is 6. The van der Waals surface area contributed by atoms with Crippen LogP contribution in [0.1, 0.15) is 5.56 Å². The van der Waals surface area contributed by atoms with Gasteiger partial charge in [-0.3, -0.25) is 14.9 Å². The van der Waals surface area contributed by atoms with Gasteiger partial charge in [0.15, 0.2) is 0 Å². The quantitative estimate of drug-likeness (QED) is 0.344. The zero-order valence-corrected chi connectivity index (χ0v) is 12.0. The zero-order chi connectivity index (χ0) is 13.7. The average molecular weight is 340 g/mol. The fourth-order valence-electron chi connectivity index (χ4n) is 1.37. The van der Waals surface area contributed by atoms with Crippen LogP contribution in [0.15, 0.2) is 15.5 Å². The van der Waals surface area contributed by atoms with Crippen LogP contribution in [0.5, 0.6) is 0 Å². The molecule has 1 rings (SSSR count). The summed E-state index contributed by atoms with van der Waals surface area (Å²) >= 11 is 8.51. The van der Waals surface area contributed by atoms with E-state index in [0.29, 0.717) is 18.1 Å². The second-order valence-corrected chi connectivity index (χ2v) is 4.68. The minimum Gasteiger partial charge on any atom is -0.378 e. The van der Waals surface area contributed by atoms with E-state index in [1.807, 2.05) is 0 Å². The number of halogens is 2. The smallest absolute Gasteiger partial charge is 0.289 e. The predicted molar refractivity (Wildman–Crippen MR) is 71.3 cm³/mol. The molecule has 0 atom stereocenters. The number of alkyl halides is 1. The van der Waals surface area contributed by atoms with E-state index in [1.54, 1.807) is 0 Å². The molecule has 1 heterocycles. The summed E-state index contributed by atoms with van der Waals surface area (Å²) in [4.78, 5) is 22.2. The van der Waals surface area contributed by atoms with Crippen molar-refractivity contribution in [3.63, 3.8) is 0 Å². The SMILES string of the molecule is Cc1c([N+](=O)[O-])cn(CCOCCCl)c(=O)c1Br. The first-order valence-electron chi connectivity index (χ1n) is 5.16. The lowest BCUT2D eigenvalue weighted by Gasteiger charge is -2.08. The molecule has 0 spiro atoms. The molecular weight excluding hydrogens is 327 g/mol. The van der Waals surface area contributed by atoms with Crippen LogP contribution in [-0.2, 0) is 11.3 Å². The Hall–Kier alpha value is -0.920. The number of hydrogen-bond donors (Lipinski definition) is 0. The first-order chi connectivity index (χ1) is 8.49. The van der Waals surface area contributed by atoms with Gasteiger partial charge in [0, 0.05) is 18.0 Å². The molecule has 0 fully saturated rings. The molecule has 0 aliphatic carbocycles. The highest BCUT2D eigenvalue weighted by Crippen LogP contribution is 2.21. The van der Waals surface area contributed by atoms with Gasteiger partial charge < -0.3 is 9.30 Å². The third-order valence-electron chi connectivity index (χ3n) is 2.33. The van der Waals surface area contributed by atoms with Crippen LogP contribution in [-0.4, -0.2) is 28.6 Å². The highest BCUT2D eigenvalue weighted by atomic mass is 79.9. The summed E-state index contributed by atoms with van der Waals surface area (Å²) in [6, 6.07) is 0. The van der Waals surface area contributed by atoms with Crippen LogP contribution in [0.3, 0.4) is 0 Å². The van der Waals surface area contributed by atoms with Crippen molar-refractivity contribution in [2.24, 2.45) is 0 Å². The zero-order valence-electron chi connectivity index (χ0n) is 9.69. The fraction of sp³-hybridized carbons (Fsp3) is 0.500. The first-order valence-corrected chi connectivity index (χ1v) is 6.49. The van der Waals surface area contributed by atoms with Crippen molar-refractivity contribution in [3.05, 3.63) is 36.7 Å². The number of hydrogen-bond acceptors (Lipinski definition) is 4. The molecule has 1 aromatic heterocycles. The molecular formula is C10H12BrClN2O4. The molecule has 0 aliphatic heterocycles. The lowest BCUT2D eigenvalue weighted by Crippen LogP contribution is -2.24. The molecule has 0 N–H and O–H groups in total. The standard InChI is InChI=1S/C10H12BrClN2O4/c1-7-8(14(16)17)6-13(10(15)9(7)11)3-5-18-4-2-12/h6H,2-5H2,1H3. The topological polar surface area (TPSA) is 74.4 Å². The van der Waals surface area contributed by atoms with Crippen LogP contribution >= 0.6 is 27.5 Å². The molecule has 18 heavy (non-hydrogen) atoms. The number of ether oxygens (including phenoxy) is 1. The largest absolute Gasteiger partial charge is 0.378 e. The maximum absolute atomic E-state index is 11.8. The van der Waals surface area contributed by atoms with Crippen molar-refractivity contribution in [2.75, 3.05) is 19.1 Å². The number of pyridine rings is 1. The first kappa shape index (κ1) is 15.1. The molecule has 0 amide bonds. The summed E-state index contributed by atoms with van der Waals surface area (Å²) in [5, 5.41) is 10.8. The van der Waals surface area contributed by atoms with Crippen molar-refractivity contribution < 1.29 is 9.66 Å². The minimum atomic E-state index is -0.518. The van der Waals surface area contributed by atoms with E-state index in [2.05, 4.69) is 15.9 Å². The van der Waals surface area contributed by atoms with Gasteiger partial charge in [-0.25, -0.2) is 0 Å². The van der Waals surface area contributed by atoms with Gasteiger partial charge in [0.1, 0.15) is 0 Å². The Kier molecular flexibility index (Phi) is 5.77. The van der Waals surface area contributed by atoms with Crippen molar-refractivity contribution in [1.82, 2.24) is 4.57 Å². The van der Waals surface area contributed by atoms with Gasteiger partial charge in [0.2, 0.25) is 0 Å². The van der Waals surface area contributed by atoms with Gasteiger partial charge in [0.25, 0.3) is 11.2 Å². The molecule has 0 aliphatic rings. The van der Waals surface area contributed by atoms with Crippen LogP contribution < -0.4 is 5.56 Å². The van der Waals surface area contributed by atoms with Gasteiger partial charge in [-0.2, -0.15) is 0 Å². The summed E-state index contributed by atoms with van der Waals surface area (Å²) in [6.45, 7) is 2.43. The van der Waals surface area contributed by atoms with Gasteiger partial charge >= 0.3 is 0 Å². The van der Waals surface area contributed by atoms with E-state index in [9.17, 15) is 14.9 Å². The van der Waals surface area contributed by atoms with Gasteiger partial charge in [0.05, 0.1) is 28.8 Å². The molecule has 1 aromatic rings. The Labute approximate surface area is 117 Å². The lowest BCUT2D eigenvalue weighted by molar-refractivity contribution is -0.386. The van der Waals surface area contributed by atoms with Crippen LogP contribution in [0.25, 0.3) is 0 Å². The molecule has 100 valence electrons. The van der Waals surface area contributed by atoms with Crippen molar-refractivity contribution in [2.45, 2.75) is 13.5 Å². The van der Waals surface area contributed by atoms with E-state index in [0.717, 1.165) is 0 Å². The normalized spacial score (nSPS) is 10.6. The Balaban J connectivity index is 2.98. The molecule has 0 bridgehead atoms. The van der Waals surface area contributed by atoms with E-state index in [-0.39, 0.29) is 28.9 Å². The van der Waals surface area contributed by atoms with Gasteiger partial charge in [-0.1, -0.05) is 0 Å². The summed E-state index contributed by atoms with van der Waals surface area (Å²) in [5.74, 6) is 0.368. The fourth-order valence-corrected chi connectivity index (χ4v) is 1.91. The average Bonchev–Trinajstić information content (AvgIpc) is 2.33. The number of nitro groups is 1. The van der Waals surface area contributed by atoms with Crippen molar-refractivity contribution in [3.8, 4) is 0 Å². The summed E-state index contributed by atoms with van der Waals surface area (Å²) in [6.07, 6.45) is 1.23. The highest BCUT2D eigenvalue weighted by Gasteiger charge is 2.18. The van der Waals surface area contributed by atoms with Crippen LogP contribution in [0.2, 0.25) is 0 Å². The van der Waals surface area contributed by atoms with Crippen LogP contribution in [0.4, 0.5) is 5.69 Å². The predicted octanol–water partition coefficient (Wildman–Crippen LogP) is 2.08. The van der Waals surface area contributed by atoms with Gasteiger partial charge in [-0.05, 0) is 22.9 Å². The van der Waals surface area contributed by atoms with E-state index >= 15 is 0 Å². The number of aromatic nitrogens is 1. The molecule has 0 unspecified atom stereocenters. The van der Waals surface area contributed by atoms with Crippen LogP contribution in [0, 0.1) is 17.0 Å². The summed E-state index contributed by atoms with van der Waals surface area (Å²) < 4.78 is 6.59. The molecule has 8 heteroatoms. The molecule has 0 radical (unpaired) electrons. The second kappa shape index (κ2) is 6.86. The Bertz CT molecular complexity index is 503. The Morgan fingerprint density at radius 3 is 2.78 bits per heavy atom. The summed E-state index contributed by atoms with van der Waals surface area (Å²) in [5.41, 5.74) is -0.0886. The van der Waals surface area contributed by atoms with Crippen molar-refractivity contribution in [1.29, 1.82) is 0 Å². The monoisotopic (exact) mass is 338 g/mol. The van der Waals surface area contributed by atoms with Gasteiger partial charge in [-0.15, -0.1) is 11.6 Å². The van der Waals surface area contributed by atoms with E-state index < -0.39 is 4.92 Å². The molecule has 6 nitrogen and oxygen atoms in total. The van der Waals surface area contributed by atoms with E-state index in [1.165, 1.54) is 17.7 Å². The third-order valence-corrected chi connectivity index (χ3v) is 3.42. The van der Waals surface area contributed by atoms with E-state index in [4.69, 9.17) is 16.3 Å². The highest BCUT2D eigenvalue weighted by molar-refractivity contribution is 9.10. The Morgan fingerprint density at radius 2 is 2.22 bits per heavy atom. The molecule has 0 saturated carbocycles. The number of nitrogens with zero attached hydrogens (tertiary/aromatic N) is 2. The maximum atomic E-state index is 11.8. The third kappa shape index (κ3) is 3.54. The minimum absolute atomic E-state index is 0.0983. The lowest BCUT2D eigenvalue weighted by atomic mass is 10.2. The molecule has 0 saturated heterocycles. The molecule has 0 aromatic carbocycles.